The van der Waals surface area contributed by atoms with Crippen LogP contribution in [0.1, 0.15) is 22.3 Å². The van der Waals surface area contributed by atoms with Crippen LogP contribution in [0.2, 0.25) is 5.02 Å². The van der Waals surface area contributed by atoms with Crippen LogP contribution >= 0.6 is 11.6 Å². The SMILES string of the molecule is Cc1cc(C(=O)N2CCC(C(=O)O)C2)ccc1Cl. The second kappa shape index (κ2) is 4.98. The number of nitrogens with zero attached hydrogens (tertiary/aromatic N) is 1. The average Bonchev–Trinajstić information content (AvgIpc) is 2.81. The molecule has 1 saturated heterocycles. The molecule has 2 rings (SSSR count). The quantitative estimate of drug-likeness (QED) is 0.894. The summed E-state index contributed by atoms with van der Waals surface area (Å²) in [6.07, 6.45) is 0.521. The standard InChI is InChI=1S/C13H14ClNO3/c1-8-6-9(2-3-11(8)14)12(16)15-5-4-10(7-15)13(17)18/h2-3,6,10H,4-5,7H2,1H3,(H,17,18). The van der Waals surface area contributed by atoms with E-state index in [9.17, 15) is 9.59 Å². The Morgan fingerprint density at radius 2 is 2.17 bits per heavy atom. The van der Waals surface area contributed by atoms with Gasteiger partial charge in [-0.2, -0.15) is 0 Å². The minimum atomic E-state index is -0.836. The minimum absolute atomic E-state index is 0.126. The second-order valence-electron chi connectivity index (χ2n) is 4.54. The third kappa shape index (κ3) is 2.48. The first-order valence-electron chi connectivity index (χ1n) is 5.77. The molecule has 1 fully saturated rings. The third-order valence-corrected chi connectivity index (χ3v) is 3.65. The zero-order valence-corrected chi connectivity index (χ0v) is 10.8. The Bertz CT molecular complexity index is 501. The van der Waals surface area contributed by atoms with Crippen LogP contribution in [0.4, 0.5) is 0 Å². The van der Waals surface area contributed by atoms with Gasteiger partial charge >= 0.3 is 5.97 Å². The molecule has 1 aromatic rings. The van der Waals surface area contributed by atoms with E-state index in [1.54, 1.807) is 23.1 Å². The van der Waals surface area contributed by atoms with Crippen molar-refractivity contribution in [1.29, 1.82) is 0 Å². The maximum absolute atomic E-state index is 12.2. The van der Waals surface area contributed by atoms with Crippen LogP contribution in [0.25, 0.3) is 0 Å². The topological polar surface area (TPSA) is 57.6 Å². The lowest BCUT2D eigenvalue weighted by molar-refractivity contribution is -0.141. The molecule has 1 amide bonds. The number of rotatable bonds is 2. The molecule has 0 aliphatic carbocycles. The minimum Gasteiger partial charge on any atom is -0.481 e. The van der Waals surface area contributed by atoms with Gasteiger partial charge in [0.15, 0.2) is 0 Å². The van der Waals surface area contributed by atoms with Crippen LogP contribution < -0.4 is 0 Å². The molecule has 1 unspecified atom stereocenters. The fraction of sp³-hybridized carbons (Fsp3) is 0.385. The number of hydrogen-bond donors (Lipinski definition) is 1. The molecule has 0 aromatic heterocycles. The molecule has 1 N–H and O–H groups in total. The summed E-state index contributed by atoms with van der Waals surface area (Å²) >= 11 is 5.91. The van der Waals surface area contributed by atoms with Crippen LogP contribution in [0.15, 0.2) is 18.2 Å². The number of hydrogen-bond acceptors (Lipinski definition) is 2. The molecule has 96 valence electrons. The monoisotopic (exact) mass is 267 g/mol. The Kier molecular flexibility index (Phi) is 3.57. The van der Waals surface area contributed by atoms with Crippen molar-refractivity contribution in [3.8, 4) is 0 Å². The highest BCUT2D eigenvalue weighted by Crippen LogP contribution is 2.21. The maximum atomic E-state index is 12.2. The maximum Gasteiger partial charge on any atom is 0.308 e. The molecule has 4 nitrogen and oxygen atoms in total. The van der Waals surface area contributed by atoms with Gasteiger partial charge in [-0.15, -0.1) is 0 Å². The van der Waals surface area contributed by atoms with Crippen molar-refractivity contribution in [3.05, 3.63) is 34.3 Å². The van der Waals surface area contributed by atoms with E-state index in [1.165, 1.54) is 0 Å². The highest BCUT2D eigenvalue weighted by atomic mass is 35.5. The van der Waals surface area contributed by atoms with Gasteiger partial charge in [0.25, 0.3) is 5.91 Å². The van der Waals surface area contributed by atoms with Gasteiger partial charge < -0.3 is 10.0 Å². The summed E-state index contributed by atoms with van der Waals surface area (Å²) in [6.45, 7) is 2.62. The molecule has 0 radical (unpaired) electrons. The van der Waals surface area contributed by atoms with Gasteiger partial charge in [0.2, 0.25) is 0 Å². The molecule has 0 spiro atoms. The van der Waals surface area contributed by atoms with E-state index in [0.717, 1.165) is 5.56 Å². The number of aryl methyl sites for hydroxylation is 1. The predicted molar refractivity (Wildman–Crippen MR) is 67.8 cm³/mol. The normalized spacial score (nSPS) is 19.0. The van der Waals surface area contributed by atoms with Gasteiger partial charge in [-0.3, -0.25) is 9.59 Å². The molecule has 1 aromatic carbocycles. The number of halogens is 1. The van der Waals surface area contributed by atoms with Crippen LogP contribution in [0, 0.1) is 12.8 Å². The summed E-state index contributed by atoms with van der Waals surface area (Å²) in [7, 11) is 0. The highest BCUT2D eigenvalue weighted by molar-refractivity contribution is 6.31. The first-order valence-corrected chi connectivity index (χ1v) is 6.15. The summed E-state index contributed by atoms with van der Waals surface area (Å²) in [4.78, 5) is 24.6. The molecular formula is C13H14ClNO3. The Morgan fingerprint density at radius 1 is 1.44 bits per heavy atom. The van der Waals surface area contributed by atoms with Gasteiger partial charge in [0.1, 0.15) is 0 Å². The molecule has 1 aliphatic heterocycles. The smallest absolute Gasteiger partial charge is 0.308 e. The van der Waals surface area contributed by atoms with Crippen LogP contribution in [0.5, 0.6) is 0 Å². The van der Waals surface area contributed by atoms with Crippen LogP contribution in [-0.2, 0) is 4.79 Å². The predicted octanol–water partition coefficient (Wildman–Crippen LogP) is 2.20. The molecular weight excluding hydrogens is 254 g/mol. The van der Waals surface area contributed by atoms with Crippen molar-refractivity contribution < 1.29 is 14.7 Å². The van der Waals surface area contributed by atoms with E-state index in [1.807, 2.05) is 6.92 Å². The van der Waals surface area contributed by atoms with E-state index in [2.05, 4.69) is 0 Å². The number of carbonyl (C=O) groups is 2. The number of carbonyl (C=O) groups excluding carboxylic acids is 1. The second-order valence-corrected chi connectivity index (χ2v) is 4.95. The van der Waals surface area contributed by atoms with E-state index in [0.29, 0.717) is 23.6 Å². The van der Waals surface area contributed by atoms with E-state index >= 15 is 0 Å². The third-order valence-electron chi connectivity index (χ3n) is 3.23. The van der Waals surface area contributed by atoms with Crippen LogP contribution in [0.3, 0.4) is 0 Å². The van der Waals surface area contributed by atoms with Crippen molar-refractivity contribution in [2.75, 3.05) is 13.1 Å². The largest absolute Gasteiger partial charge is 0.481 e. The van der Waals surface area contributed by atoms with E-state index in [-0.39, 0.29) is 12.5 Å². The Balaban J connectivity index is 2.12. The van der Waals surface area contributed by atoms with Crippen molar-refractivity contribution in [1.82, 2.24) is 4.90 Å². The summed E-state index contributed by atoms with van der Waals surface area (Å²) < 4.78 is 0. The lowest BCUT2D eigenvalue weighted by Gasteiger charge is -2.16. The number of benzene rings is 1. The van der Waals surface area contributed by atoms with Crippen molar-refractivity contribution in [3.63, 3.8) is 0 Å². The van der Waals surface area contributed by atoms with Gasteiger partial charge in [-0.25, -0.2) is 0 Å². The number of likely N-dealkylation sites (tertiary alicyclic amines) is 1. The van der Waals surface area contributed by atoms with Crippen molar-refractivity contribution in [2.45, 2.75) is 13.3 Å². The molecule has 1 aliphatic rings. The summed E-state index contributed by atoms with van der Waals surface area (Å²) in [5.41, 5.74) is 1.40. The van der Waals surface area contributed by atoms with E-state index in [4.69, 9.17) is 16.7 Å². The van der Waals surface area contributed by atoms with Gasteiger partial charge in [-0.05, 0) is 37.1 Å². The molecule has 5 heteroatoms. The first-order chi connectivity index (χ1) is 8.49. The van der Waals surface area contributed by atoms with Gasteiger partial charge in [-0.1, -0.05) is 11.6 Å². The lowest BCUT2D eigenvalue weighted by Crippen LogP contribution is -2.29. The number of aliphatic carboxylic acids is 1. The Hall–Kier alpha value is -1.55. The highest BCUT2D eigenvalue weighted by Gasteiger charge is 2.31. The fourth-order valence-corrected chi connectivity index (χ4v) is 2.22. The van der Waals surface area contributed by atoms with E-state index < -0.39 is 11.9 Å². The van der Waals surface area contributed by atoms with Gasteiger partial charge in [0.05, 0.1) is 5.92 Å². The molecule has 0 saturated carbocycles. The first kappa shape index (κ1) is 12.9. The fourth-order valence-electron chi connectivity index (χ4n) is 2.11. The summed E-state index contributed by atoms with van der Waals surface area (Å²) in [5, 5.41) is 9.53. The number of carboxylic acids is 1. The molecule has 18 heavy (non-hydrogen) atoms. The van der Waals surface area contributed by atoms with Crippen molar-refractivity contribution >= 4 is 23.5 Å². The molecule has 0 bridgehead atoms. The Labute approximate surface area is 110 Å². The number of amides is 1. The molecule has 1 atom stereocenters. The summed E-state index contributed by atoms with van der Waals surface area (Å²) in [5.74, 6) is -1.40. The number of carboxylic acid groups (broad SMARTS) is 1. The van der Waals surface area contributed by atoms with Crippen molar-refractivity contribution in [2.24, 2.45) is 5.92 Å². The lowest BCUT2D eigenvalue weighted by atomic mass is 10.1. The Morgan fingerprint density at radius 3 is 2.72 bits per heavy atom. The average molecular weight is 268 g/mol. The zero-order valence-electron chi connectivity index (χ0n) is 10.0. The molecule has 1 heterocycles. The van der Waals surface area contributed by atoms with Gasteiger partial charge in [0, 0.05) is 23.7 Å². The zero-order chi connectivity index (χ0) is 13.3. The summed E-state index contributed by atoms with van der Waals surface area (Å²) in [6, 6.07) is 5.10. The van der Waals surface area contributed by atoms with Crippen LogP contribution in [-0.4, -0.2) is 35.0 Å².